The summed E-state index contributed by atoms with van der Waals surface area (Å²) in [6, 6.07) is 9.95. The standard InChI is InChI=1S/C13H8BrN3O3/c14-11-3-1-2-8(16-11)12(18)15-7-4-5-10-9(6-7)17-13(19)20-10/h1-6H,(H,15,18)(H,17,19). The molecule has 0 unspecified atom stereocenters. The van der Waals surface area contributed by atoms with Gasteiger partial charge in [-0.1, -0.05) is 6.07 Å². The number of aromatic amines is 1. The van der Waals surface area contributed by atoms with Crippen LogP contribution < -0.4 is 11.1 Å². The normalized spacial score (nSPS) is 10.7. The second-order valence-electron chi connectivity index (χ2n) is 4.03. The molecule has 2 N–H and O–H groups in total. The number of H-pyrrole nitrogens is 1. The number of pyridine rings is 1. The summed E-state index contributed by atoms with van der Waals surface area (Å²) in [6.07, 6.45) is 0. The van der Waals surface area contributed by atoms with E-state index in [2.05, 4.69) is 31.2 Å². The first-order valence-corrected chi connectivity index (χ1v) is 6.48. The van der Waals surface area contributed by atoms with Gasteiger partial charge < -0.3 is 9.73 Å². The summed E-state index contributed by atoms with van der Waals surface area (Å²) in [5, 5.41) is 2.70. The summed E-state index contributed by atoms with van der Waals surface area (Å²) in [7, 11) is 0. The van der Waals surface area contributed by atoms with Crippen molar-refractivity contribution in [2.45, 2.75) is 0 Å². The highest BCUT2D eigenvalue weighted by molar-refractivity contribution is 9.10. The molecular formula is C13H8BrN3O3. The average molecular weight is 334 g/mol. The van der Waals surface area contributed by atoms with Crippen LogP contribution in [0.2, 0.25) is 0 Å². The minimum absolute atomic E-state index is 0.292. The lowest BCUT2D eigenvalue weighted by molar-refractivity contribution is 0.102. The third-order valence-electron chi connectivity index (χ3n) is 2.62. The monoisotopic (exact) mass is 333 g/mol. The van der Waals surface area contributed by atoms with Gasteiger partial charge >= 0.3 is 5.76 Å². The molecular weight excluding hydrogens is 326 g/mol. The molecule has 0 aliphatic heterocycles. The summed E-state index contributed by atoms with van der Waals surface area (Å²) in [6.45, 7) is 0. The molecule has 20 heavy (non-hydrogen) atoms. The number of rotatable bonds is 2. The molecule has 3 aromatic rings. The molecule has 0 aliphatic rings. The van der Waals surface area contributed by atoms with Gasteiger partial charge in [-0.25, -0.2) is 9.78 Å². The number of carbonyl (C=O) groups excluding carboxylic acids is 1. The number of halogens is 1. The Balaban J connectivity index is 1.88. The number of amides is 1. The van der Waals surface area contributed by atoms with Crippen LogP contribution >= 0.6 is 15.9 Å². The van der Waals surface area contributed by atoms with Gasteiger partial charge in [-0.05, 0) is 46.3 Å². The van der Waals surface area contributed by atoms with E-state index < -0.39 is 5.76 Å². The van der Waals surface area contributed by atoms with Gasteiger partial charge in [-0.3, -0.25) is 9.78 Å². The highest BCUT2D eigenvalue weighted by atomic mass is 79.9. The number of anilines is 1. The molecule has 0 radical (unpaired) electrons. The summed E-state index contributed by atoms with van der Waals surface area (Å²) in [5.74, 6) is -0.867. The number of oxazole rings is 1. The summed E-state index contributed by atoms with van der Waals surface area (Å²) < 4.78 is 5.47. The van der Waals surface area contributed by atoms with E-state index in [1.165, 1.54) is 0 Å². The maximum Gasteiger partial charge on any atom is 0.417 e. The molecule has 3 rings (SSSR count). The van der Waals surface area contributed by atoms with E-state index in [0.717, 1.165) is 0 Å². The van der Waals surface area contributed by atoms with Crippen molar-refractivity contribution in [2.24, 2.45) is 0 Å². The molecule has 0 aliphatic carbocycles. The lowest BCUT2D eigenvalue weighted by Gasteiger charge is -2.04. The van der Waals surface area contributed by atoms with Gasteiger partial charge in [0, 0.05) is 5.69 Å². The molecule has 0 saturated heterocycles. The molecule has 2 heterocycles. The van der Waals surface area contributed by atoms with E-state index >= 15 is 0 Å². The Kier molecular flexibility index (Phi) is 3.11. The fourth-order valence-electron chi connectivity index (χ4n) is 1.76. The highest BCUT2D eigenvalue weighted by Crippen LogP contribution is 2.17. The van der Waals surface area contributed by atoms with E-state index in [4.69, 9.17) is 4.42 Å². The fraction of sp³-hybridized carbons (Fsp3) is 0. The molecule has 6 nitrogen and oxygen atoms in total. The second kappa shape index (κ2) is 4.93. The quantitative estimate of drug-likeness (QED) is 0.705. The maximum atomic E-state index is 12.0. The van der Waals surface area contributed by atoms with Crippen molar-refractivity contribution in [1.29, 1.82) is 0 Å². The van der Waals surface area contributed by atoms with E-state index in [1.54, 1.807) is 36.4 Å². The zero-order valence-electron chi connectivity index (χ0n) is 10.0. The van der Waals surface area contributed by atoms with Crippen LogP contribution in [-0.2, 0) is 0 Å². The van der Waals surface area contributed by atoms with Crippen molar-refractivity contribution in [3.05, 3.63) is 57.2 Å². The third kappa shape index (κ3) is 2.48. The van der Waals surface area contributed by atoms with Gasteiger partial charge in [-0.15, -0.1) is 0 Å². The summed E-state index contributed by atoms with van der Waals surface area (Å²) >= 11 is 3.21. The smallest absolute Gasteiger partial charge is 0.408 e. The molecule has 100 valence electrons. The zero-order valence-corrected chi connectivity index (χ0v) is 11.6. The Bertz CT molecular complexity index is 853. The molecule has 0 spiro atoms. The van der Waals surface area contributed by atoms with Crippen molar-refractivity contribution >= 4 is 38.6 Å². The predicted octanol–water partition coefficient (Wildman–Crippen LogP) is 2.53. The number of nitrogens with zero attached hydrogens (tertiary/aromatic N) is 1. The first-order chi connectivity index (χ1) is 9.61. The molecule has 1 aromatic carbocycles. The van der Waals surface area contributed by atoms with Crippen molar-refractivity contribution in [3.8, 4) is 0 Å². The van der Waals surface area contributed by atoms with Crippen LogP contribution in [0, 0.1) is 0 Å². The Morgan fingerprint density at radius 2 is 2.15 bits per heavy atom. The minimum atomic E-state index is -0.530. The highest BCUT2D eigenvalue weighted by Gasteiger charge is 2.09. The van der Waals surface area contributed by atoms with E-state index in [9.17, 15) is 9.59 Å². The van der Waals surface area contributed by atoms with Crippen molar-refractivity contribution in [3.63, 3.8) is 0 Å². The predicted molar refractivity (Wildman–Crippen MR) is 76.7 cm³/mol. The SMILES string of the molecule is O=C(Nc1ccc2oc(=O)[nH]c2c1)c1cccc(Br)n1. The van der Waals surface area contributed by atoms with Gasteiger partial charge in [0.2, 0.25) is 0 Å². The number of fused-ring (bicyclic) bond motifs is 1. The Labute approximate surface area is 121 Å². The average Bonchev–Trinajstić information content (AvgIpc) is 2.78. The van der Waals surface area contributed by atoms with Crippen LogP contribution in [-0.4, -0.2) is 15.9 Å². The van der Waals surface area contributed by atoms with Crippen LogP contribution in [0.4, 0.5) is 5.69 Å². The second-order valence-corrected chi connectivity index (χ2v) is 4.84. The third-order valence-corrected chi connectivity index (χ3v) is 3.07. The van der Waals surface area contributed by atoms with Gasteiger partial charge in [0.15, 0.2) is 5.58 Å². The number of nitrogens with one attached hydrogen (secondary N) is 2. The van der Waals surface area contributed by atoms with Crippen molar-refractivity contribution < 1.29 is 9.21 Å². The van der Waals surface area contributed by atoms with E-state index in [-0.39, 0.29) is 5.91 Å². The number of benzene rings is 1. The first kappa shape index (κ1) is 12.6. The number of aromatic nitrogens is 2. The Morgan fingerprint density at radius 3 is 2.95 bits per heavy atom. The zero-order chi connectivity index (χ0) is 14.1. The van der Waals surface area contributed by atoms with E-state index in [1.807, 2.05) is 0 Å². The van der Waals surface area contributed by atoms with Crippen LogP contribution in [0.1, 0.15) is 10.5 Å². The van der Waals surface area contributed by atoms with Gasteiger partial charge in [0.1, 0.15) is 10.3 Å². The Hall–Kier alpha value is -2.41. The van der Waals surface area contributed by atoms with Crippen LogP contribution in [0.15, 0.2) is 50.2 Å². The number of carbonyl (C=O) groups is 1. The van der Waals surface area contributed by atoms with Gasteiger partial charge in [-0.2, -0.15) is 0 Å². The topological polar surface area (TPSA) is 88.0 Å². The number of hydrogen-bond donors (Lipinski definition) is 2. The Morgan fingerprint density at radius 1 is 1.30 bits per heavy atom. The van der Waals surface area contributed by atoms with Crippen molar-refractivity contribution in [2.75, 3.05) is 5.32 Å². The molecule has 2 aromatic heterocycles. The molecule has 0 fully saturated rings. The summed E-state index contributed by atoms with van der Waals surface area (Å²) in [4.78, 5) is 29.7. The molecule has 0 bridgehead atoms. The maximum absolute atomic E-state index is 12.0. The fourth-order valence-corrected chi connectivity index (χ4v) is 2.10. The molecule has 1 amide bonds. The van der Waals surface area contributed by atoms with Gasteiger partial charge in [0.25, 0.3) is 5.91 Å². The van der Waals surface area contributed by atoms with Crippen LogP contribution in [0.25, 0.3) is 11.1 Å². The minimum Gasteiger partial charge on any atom is -0.408 e. The van der Waals surface area contributed by atoms with Crippen LogP contribution in [0.3, 0.4) is 0 Å². The largest absolute Gasteiger partial charge is 0.417 e. The van der Waals surface area contributed by atoms with E-state index in [0.29, 0.717) is 27.1 Å². The lowest BCUT2D eigenvalue weighted by Crippen LogP contribution is -2.13. The summed E-state index contributed by atoms with van der Waals surface area (Å²) in [5.41, 5.74) is 1.80. The molecule has 0 atom stereocenters. The lowest BCUT2D eigenvalue weighted by atomic mass is 10.2. The van der Waals surface area contributed by atoms with Crippen LogP contribution in [0.5, 0.6) is 0 Å². The molecule has 7 heteroatoms. The molecule has 0 saturated carbocycles. The van der Waals surface area contributed by atoms with Crippen molar-refractivity contribution in [1.82, 2.24) is 9.97 Å². The van der Waals surface area contributed by atoms with Gasteiger partial charge in [0.05, 0.1) is 5.52 Å². The first-order valence-electron chi connectivity index (χ1n) is 5.68. The number of hydrogen-bond acceptors (Lipinski definition) is 4.